The highest BCUT2D eigenvalue weighted by Crippen LogP contribution is 2.46. The molecule has 0 saturated carbocycles. The van der Waals surface area contributed by atoms with Crippen LogP contribution in [0, 0.1) is 0 Å². The summed E-state index contributed by atoms with van der Waals surface area (Å²) < 4.78 is 15.6. The predicted octanol–water partition coefficient (Wildman–Crippen LogP) is 3.67. The highest BCUT2D eigenvalue weighted by molar-refractivity contribution is 7.87. The van der Waals surface area contributed by atoms with Crippen molar-refractivity contribution in [3.63, 3.8) is 0 Å². The van der Waals surface area contributed by atoms with Gasteiger partial charge in [0.2, 0.25) is 9.70 Å². The number of β-lactam (4-membered cyclic amide) rings is 1. The summed E-state index contributed by atoms with van der Waals surface area (Å²) in [6, 6.07) is -1.45. The number of nitrogens with one attached hydrogen (secondary N) is 1. The highest BCUT2D eigenvalue weighted by Gasteiger charge is 2.69. The zero-order valence-corrected chi connectivity index (χ0v) is 21.4. The van der Waals surface area contributed by atoms with Gasteiger partial charge >= 0.3 is 5.97 Å². The molecule has 1 amide bonds. The van der Waals surface area contributed by atoms with E-state index in [9.17, 15) is 13.8 Å². The number of halogens is 3. The van der Waals surface area contributed by atoms with Gasteiger partial charge in [-0.15, -0.1) is 0 Å². The molecule has 2 rings (SSSR count). The molecule has 168 valence electrons. The number of esters is 1. The van der Waals surface area contributed by atoms with Gasteiger partial charge in [0.05, 0.1) is 35.9 Å². The first-order valence-electron chi connectivity index (χ1n) is 10.0. The largest absolute Gasteiger partial charge is 0.460 e. The molecule has 0 radical (unpaired) electrons. The van der Waals surface area contributed by atoms with Gasteiger partial charge in [0.25, 0.3) is 0 Å². The van der Waals surface area contributed by atoms with Crippen LogP contribution in [0.2, 0.25) is 0 Å². The normalized spacial score (nSPS) is 28.4. The van der Waals surface area contributed by atoms with E-state index in [0.717, 1.165) is 38.0 Å². The molecule has 1 unspecified atom stereocenters. The summed E-state index contributed by atoms with van der Waals surface area (Å²) in [5, 5.41) is 3.01. The molecule has 1 N–H and O–H groups in total. The van der Waals surface area contributed by atoms with Crippen LogP contribution in [0.5, 0.6) is 0 Å². The first-order chi connectivity index (χ1) is 13.5. The fraction of sp³-hybridized carbons (Fsp3) is 0.889. The van der Waals surface area contributed by atoms with Crippen molar-refractivity contribution in [2.45, 2.75) is 79.4 Å². The number of hydrogen-bond acceptors (Lipinski definition) is 5. The minimum absolute atomic E-state index is 0.194. The number of carbonyl (C=O) groups excluding carboxylic acids is 2. The lowest BCUT2D eigenvalue weighted by Crippen LogP contribution is -2.70. The molecule has 11 heteroatoms. The molecule has 0 aromatic rings. The van der Waals surface area contributed by atoms with Gasteiger partial charge in [0, 0.05) is 0 Å². The van der Waals surface area contributed by atoms with Crippen molar-refractivity contribution < 1.29 is 18.5 Å². The first-order valence-corrected chi connectivity index (χ1v) is 14.3. The number of carbonyl (C=O) groups is 2. The van der Waals surface area contributed by atoms with E-state index in [-0.39, 0.29) is 5.91 Å². The Balaban J connectivity index is 2.13. The Morgan fingerprint density at radius 1 is 1.24 bits per heavy atom. The highest BCUT2D eigenvalue weighted by atomic mass is 35.6. The molecule has 6 nitrogen and oxygen atoms in total. The summed E-state index contributed by atoms with van der Waals surface area (Å²) in [6.07, 6.45) is 6.57. The summed E-state index contributed by atoms with van der Waals surface area (Å²) >= 11 is 17.0. The molecule has 2 heterocycles. The molecular formula is C18H31Cl3N2O4PS+. The zero-order valence-electron chi connectivity index (χ0n) is 17.3. The molecule has 2 fully saturated rings. The van der Waals surface area contributed by atoms with Gasteiger partial charge in [0.1, 0.15) is 18.0 Å². The number of alkyl halides is 3. The molecule has 0 bridgehead atoms. The van der Waals surface area contributed by atoms with Gasteiger partial charge in [-0.2, -0.15) is 5.09 Å². The molecule has 4 atom stereocenters. The van der Waals surface area contributed by atoms with Crippen LogP contribution in [0.1, 0.15) is 53.4 Å². The summed E-state index contributed by atoms with van der Waals surface area (Å²) in [4.78, 5) is 27.0. The van der Waals surface area contributed by atoms with Gasteiger partial charge in [-0.3, -0.25) is 9.00 Å². The zero-order chi connectivity index (χ0) is 22.0. The molecule has 29 heavy (non-hydrogen) atoms. The van der Waals surface area contributed by atoms with E-state index in [2.05, 4.69) is 18.9 Å². The van der Waals surface area contributed by atoms with Crippen molar-refractivity contribution in [3.05, 3.63) is 0 Å². The number of unbranched alkanes of at least 4 members (excludes halogenated alkanes) is 2. The molecule has 2 aliphatic rings. The lowest BCUT2D eigenvalue weighted by molar-refractivity contribution is -0.163. The van der Waals surface area contributed by atoms with Gasteiger partial charge in [-0.25, -0.2) is 4.79 Å². The average Bonchev–Trinajstić information content (AvgIpc) is 2.82. The molecule has 2 aliphatic heterocycles. The summed E-state index contributed by atoms with van der Waals surface area (Å²) in [7, 11) is -2.34. The molecule has 0 aliphatic carbocycles. The topological polar surface area (TPSA) is 75.7 Å². The third-order valence-corrected chi connectivity index (χ3v) is 10.5. The Morgan fingerprint density at radius 3 is 2.28 bits per heavy atom. The number of amides is 1. The number of nitrogens with zero attached hydrogens (tertiary/aromatic N) is 1. The van der Waals surface area contributed by atoms with Crippen LogP contribution in [-0.4, -0.2) is 65.9 Å². The lowest BCUT2D eigenvalue weighted by Gasteiger charge is -2.43. The van der Waals surface area contributed by atoms with Gasteiger partial charge in [0.15, 0.2) is 6.04 Å². The van der Waals surface area contributed by atoms with Crippen LogP contribution in [0.4, 0.5) is 0 Å². The van der Waals surface area contributed by atoms with E-state index in [4.69, 9.17) is 39.5 Å². The third kappa shape index (κ3) is 5.78. The predicted molar refractivity (Wildman–Crippen MR) is 123 cm³/mol. The minimum Gasteiger partial charge on any atom is -0.460 e. The van der Waals surface area contributed by atoms with Crippen LogP contribution in [0.3, 0.4) is 0 Å². The van der Waals surface area contributed by atoms with Crippen LogP contribution in [-0.2, 0) is 25.1 Å². The quantitative estimate of drug-likeness (QED) is 0.211. The Kier molecular flexibility index (Phi) is 9.11. The maximum atomic E-state index is 13.2. The third-order valence-electron chi connectivity index (χ3n) is 5.38. The standard InChI is InChI=1S/C18H30Cl3N2O4PS/c1-5-7-9-28(10-8-6-2)22-12-14(24)23-13(16(25)27-11-18(19,20)21)17(3,4)29(26)15(12)23/h12-13,15,22H,5-11H2,1-4H3/p+1/t12-,13+,15-,29?/m1/s1. The molecule has 0 spiro atoms. The summed E-state index contributed by atoms with van der Waals surface area (Å²) in [6.45, 7) is 7.31. The number of rotatable bonds is 10. The molecular weight excluding hydrogens is 478 g/mol. The van der Waals surface area contributed by atoms with E-state index in [1.54, 1.807) is 13.8 Å². The van der Waals surface area contributed by atoms with Crippen LogP contribution >= 0.6 is 42.9 Å². The van der Waals surface area contributed by atoms with E-state index in [0.29, 0.717) is 0 Å². The van der Waals surface area contributed by atoms with Crippen molar-refractivity contribution in [3.8, 4) is 0 Å². The van der Waals surface area contributed by atoms with Crippen LogP contribution in [0.25, 0.3) is 0 Å². The second kappa shape index (κ2) is 10.3. The van der Waals surface area contributed by atoms with E-state index in [1.165, 1.54) is 4.90 Å². The summed E-state index contributed by atoms with van der Waals surface area (Å²) in [5.41, 5.74) is 0. The molecule has 0 aromatic carbocycles. The van der Waals surface area contributed by atoms with Crippen molar-refractivity contribution in [1.82, 2.24) is 9.99 Å². The van der Waals surface area contributed by atoms with Crippen LogP contribution < -0.4 is 5.09 Å². The smallest absolute Gasteiger partial charge is 0.330 e. The van der Waals surface area contributed by atoms with Crippen molar-refractivity contribution >= 4 is 65.6 Å². The first kappa shape index (κ1) is 25.6. The average molecular weight is 509 g/mol. The number of fused-ring (bicyclic) bond motifs is 1. The monoisotopic (exact) mass is 507 g/mol. The second-order valence-electron chi connectivity index (χ2n) is 8.10. The fourth-order valence-corrected chi connectivity index (χ4v) is 8.80. The van der Waals surface area contributed by atoms with E-state index < -0.39 is 57.4 Å². The fourth-order valence-electron chi connectivity index (χ4n) is 3.78. The lowest BCUT2D eigenvalue weighted by atomic mass is 9.96. The Labute approximate surface area is 192 Å². The van der Waals surface area contributed by atoms with Crippen molar-refractivity contribution in [2.24, 2.45) is 0 Å². The second-order valence-corrected chi connectivity index (χ2v) is 15.2. The molecule has 0 aromatic heterocycles. The number of hydrogen-bond donors (Lipinski definition) is 1. The van der Waals surface area contributed by atoms with Crippen LogP contribution in [0.15, 0.2) is 0 Å². The van der Waals surface area contributed by atoms with Gasteiger partial charge < -0.3 is 9.64 Å². The maximum absolute atomic E-state index is 13.2. The Hall–Kier alpha value is 0.350. The SMILES string of the molecule is CCCC[PH+](CCCC)N[C@@H]1C(=O)N2[C@@H]1S(=O)C(C)(C)[C@@H]2C(=O)OCC(Cl)(Cl)Cl. The van der Waals surface area contributed by atoms with Crippen molar-refractivity contribution in [2.75, 3.05) is 18.9 Å². The van der Waals surface area contributed by atoms with Gasteiger partial charge in [-0.05, 0) is 26.7 Å². The number of ether oxygens (including phenoxy) is 1. The van der Waals surface area contributed by atoms with E-state index in [1.807, 2.05) is 0 Å². The summed E-state index contributed by atoms with van der Waals surface area (Å²) in [5.74, 6) is -0.883. The maximum Gasteiger partial charge on any atom is 0.330 e. The minimum atomic E-state index is -1.74. The molecule has 2 saturated heterocycles. The van der Waals surface area contributed by atoms with Crippen molar-refractivity contribution in [1.29, 1.82) is 0 Å². The Bertz CT molecular complexity index is 639. The Morgan fingerprint density at radius 2 is 1.79 bits per heavy atom. The van der Waals surface area contributed by atoms with Gasteiger partial charge in [-0.1, -0.05) is 61.5 Å². The van der Waals surface area contributed by atoms with E-state index >= 15 is 0 Å².